The molecule has 0 unspecified atom stereocenters. The number of rotatable bonds is 5. The van der Waals surface area contributed by atoms with Crippen molar-refractivity contribution in [1.82, 2.24) is 30.6 Å². The fraction of sp³-hybridized carbons (Fsp3) is 0.600. The second kappa shape index (κ2) is 7.08. The van der Waals surface area contributed by atoms with E-state index >= 15 is 0 Å². The summed E-state index contributed by atoms with van der Waals surface area (Å²) in [5, 5.41) is 20.1. The van der Waals surface area contributed by atoms with Gasteiger partial charge in [0, 0.05) is 25.4 Å². The molecule has 0 saturated carbocycles. The van der Waals surface area contributed by atoms with Crippen molar-refractivity contribution in [3.63, 3.8) is 0 Å². The van der Waals surface area contributed by atoms with Gasteiger partial charge in [0.1, 0.15) is 10.0 Å². The first-order valence-electron chi connectivity index (χ1n) is 7.58. The first-order valence-corrected chi connectivity index (χ1v) is 8.40. The minimum atomic E-state index is -0.113. The smallest absolute Gasteiger partial charge is 0.317 e. The number of urea groups is 1. The largest absolute Gasteiger partial charge is 0.338 e. The Morgan fingerprint density at radius 3 is 2.70 bits per heavy atom. The van der Waals surface area contributed by atoms with Gasteiger partial charge in [0.15, 0.2) is 0 Å². The molecule has 0 aliphatic carbocycles. The summed E-state index contributed by atoms with van der Waals surface area (Å²) in [6, 6.07) is 1.89. The first-order chi connectivity index (χ1) is 10.8. The second-order valence-electron chi connectivity index (χ2n) is 6.58. The van der Waals surface area contributed by atoms with Crippen molar-refractivity contribution < 1.29 is 4.79 Å². The van der Waals surface area contributed by atoms with Crippen LogP contribution in [0.25, 0.3) is 0 Å². The number of nitrogens with one attached hydrogen (secondary N) is 2. The highest BCUT2D eigenvalue weighted by atomic mass is 32.1. The predicted molar refractivity (Wildman–Crippen MR) is 90.5 cm³/mol. The van der Waals surface area contributed by atoms with E-state index in [0.717, 1.165) is 21.4 Å². The summed E-state index contributed by atoms with van der Waals surface area (Å²) >= 11 is 1.56. The van der Waals surface area contributed by atoms with Crippen LogP contribution in [0, 0.1) is 6.92 Å². The van der Waals surface area contributed by atoms with E-state index in [4.69, 9.17) is 0 Å². The van der Waals surface area contributed by atoms with Gasteiger partial charge in [-0.3, -0.25) is 5.10 Å². The molecule has 23 heavy (non-hydrogen) atoms. The Kier molecular flexibility index (Phi) is 5.35. The molecule has 7 nitrogen and oxygen atoms in total. The minimum Gasteiger partial charge on any atom is -0.338 e. The van der Waals surface area contributed by atoms with E-state index in [2.05, 4.69) is 46.5 Å². The van der Waals surface area contributed by atoms with Crippen LogP contribution in [0.1, 0.15) is 42.2 Å². The molecule has 0 radical (unpaired) electrons. The Morgan fingerprint density at radius 2 is 2.13 bits per heavy atom. The average molecular weight is 336 g/mol. The normalized spacial score (nSPS) is 11.5. The molecule has 2 aromatic rings. The van der Waals surface area contributed by atoms with Crippen molar-refractivity contribution in [3.8, 4) is 0 Å². The SMILES string of the molecule is Cc1nnc(CCNC(=O)N(C)Cc2cc(C(C)(C)C)n[nH]2)s1. The van der Waals surface area contributed by atoms with Crippen molar-refractivity contribution in [2.45, 2.75) is 46.1 Å². The van der Waals surface area contributed by atoms with Crippen LogP contribution < -0.4 is 5.32 Å². The highest BCUT2D eigenvalue weighted by Crippen LogP contribution is 2.20. The zero-order chi connectivity index (χ0) is 17.0. The highest BCUT2D eigenvalue weighted by Gasteiger charge is 2.18. The van der Waals surface area contributed by atoms with Gasteiger partial charge in [-0.1, -0.05) is 20.8 Å². The van der Waals surface area contributed by atoms with Crippen molar-refractivity contribution in [2.75, 3.05) is 13.6 Å². The number of hydrogen-bond acceptors (Lipinski definition) is 5. The van der Waals surface area contributed by atoms with E-state index < -0.39 is 0 Å². The number of hydrogen-bond donors (Lipinski definition) is 2. The molecule has 2 aromatic heterocycles. The fourth-order valence-electron chi connectivity index (χ4n) is 2.00. The Hall–Kier alpha value is -1.96. The van der Waals surface area contributed by atoms with E-state index in [-0.39, 0.29) is 11.4 Å². The highest BCUT2D eigenvalue weighted by molar-refractivity contribution is 7.11. The van der Waals surface area contributed by atoms with Crippen LogP contribution in [0.5, 0.6) is 0 Å². The van der Waals surface area contributed by atoms with E-state index in [0.29, 0.717) is 19.5 Å². The number of H-pyrrole nitrogens is 1. The van der Waals surface area contributed by atoms with Crippen LogP contribution in [0.2, 0.25) is 0 Å². The van der Waals surface area contributed by atoms with E-state index in [1.54, 1.807) is 23.3 Å². The zero-order valence-electron chi connectivity index (χ0n) is 14.3. The van der Waals surface area contributed by atoms with Crippen molar-refractivity contribution in [3.05, 3.63) is 27.5 Å². The number of nitrogens with zero attached hydrogens (tertiary/aromatic N) is 4. The number of aromatic nitrogens is 4. The summed E-state index contributed by atoms with van der Waals surface area (Å²) in [5.41, 5.74) is 1.91. The van der Waals surface area contributed by atoms with Gasteiger partial charge in [0.2, 0.25) is 0 Å². The minimum absolute atomic E-state index is 0.00451. The maximum Gasteiger partial charge on any atom is 0.317 e. The Morgan fingerprint density at radius 1 is 1.39 bits per heavy atom. The molecule has 8 heteroatoms. The second-order valence-corrected chi connectivity index (χ2v) is 7.85. The Labute approximate surface area is 140 Å². The van der Waals surface area contributed by atoms with Crippen LogP contribution in [0.4, 0.5) is 4.79 Å². The monoisotopic (exact) mass is 336 g/mol. The third kappa shape index (κ3) is 5.02. The lowest BCUT2D eigenvalue weighted by Crippen LogP contribution is -2.37. The summed E-state index contributed by atoms with van der Waals surface area (Å²) in [5.74, 6) is 0. The quantitative estimate of drug-likeness (QED) is 0.877. The molecule has 0 spiro atoms. The number of carbonyl (C=O) groups is 1. The number of aryl methyl sites for hydroxylation is 1. The van der Waals surface area contributed by atoms with Crippen molar-refractivity contribution in [1.29, 1.82) is 0 Å². The zero-order valence-corrected chi connectivity index (χ0v) is 15.1. The molecule has 0 atom stereocenters. The molecule has 2 heterocycles. The number of aromatic amines is 1. The topological polar surface area (TPSA) is 86.8 Å². The van der Waals surface area contributed by atoms with Gasteiger partial charge in [0.25, 0.3) is 0 Å². The molecular formula is C15H24N6OS. The number of carbonyl (C=O) groups excluding carboxylic acids is 1. The molecule has 2 rings (SSSR count). The molecule has 0 saturated heterocycles. The van der Waals surface area contributed by atoms with Gasteiger partial charge in [-0.15, -0.1) is 21.5 Å². The molecule has 126 valence electrons. The molecule has 0 aliphatic heterocycles. The van der Waals surface area contributed by atoms with Gasteiger partial charge in [-0.2, -0.15) is 5.10 Å². The lowest BCUT2D eigenvalue weighted by Gasteiger charge is -2.17. The summed E-state index contributed by atoms with van der Waals surface area (Å²) in [6.07, 6.45) is 0.698. The molecular weight excluding hydrogens is 312 g/mol. The average Bonchev–Trinajstić information content (AvgIpc) is 3.07. The molecule has 2 N–H and O–H groups in total. The van der Waals surface area contributed by atoms with Gasteiger partial charge >= 0.3 is 6.03 Å². The molecule has 0 aromatic carbocycles. The fourth-order valence-corrected chi connectivity index (χ4v) is 2.71. The lowest BCUT2D eigenvalue weighted by molar-refractivity contribution is 0.206. The Balaban J connectivity index is 1.79. The van der Waals surface area contributed by atoms with Gasteiger partial charge in [-0.25, -0.2) is 4.79 Å². The van der Waals surface area contributed by atoms with Crippen LogP contribution in [-0.2, 0) is 18.4 Å². The van der Waals surface area contributed by atoms with E-state index in [9.17, 15) is 4.79 Å². The molecule has 0 bridgehead atoms. The Bertz CT molecular complexity index is 657. The summed E-state index contributed by atoms with van der Waals surface area (Å²) < 4.78 is 0. The maximum atomic E-state index is 12.1. The van der Waals surface area contributed by atoms with E-state index in [1.165, 1.54) is 0 Å². The van der Waals surface area contributed by atoms with Crippen LogP contribution in [-0.4, -0.2) is 44.9 Å². The van der Waals surface area contributed by atoms with Gasteiger partial charge < -0.3 is 10.2 Å². The molecule has 0 aliphatic rings. The molecule has 2 amide bonds. The predicted octanol–water partition coefficient (Wildman–Crippen LogP) is 2.25. The lowest BCUT2D eigenvalue weighted by atomic mass is 9.92. The summed E-state index contributed by atoms with van der Waals surface area (Å²) in [4.78, 5) is 13.7. The van der Waals surface area contributed by atoms with E-state index in [1.807, 2.05) is 13.0 Å². The molecule has 0 fully saturated rings. The first kappa shape index (κ1) is 17.4. The summed E-state index contributed by atoms with van der Waals surface area (Å²) in [7, 11) is 1.77. The third-order valence-corrected chi connectivity index (χ3v) is 4.23. The summed E-state index contributed by atoms with van der Waals surface area (Å²) in [6.45, 7) is 9.29. The van der Waals surface area contributed by atoms with Crippen molar-refractivity contribution >= 4 is 17.4 Å². The standard InChI is InChI=1S/C15H24N6OS/c1-10-17-20-13(23-10)6-7-16-14(22)21(5)9-11-8-12(19-18-11)15(2,3)4/h8H,6-7,9H2,1-5H3,(H,16,22)(H,18,19). The number of amides is 2. The van der Waals surface area contributed by atoms with Crippen LogP contribution in [0.3, 0.4) is 0 Å². The van der Waals surface area contributed by atoms with Crippen LogP contribution in [0.15, 0.2) is 6.07 Å². The van der Waals surface area contributed by atoms with Gasteiger partial charge in [0.05, 0.1) is 17.9 Å². The maximum absolute atomic E-state index is 12.1. The van der Waals surface area contributed by atoms with Crippen LogP contribution >= 0.6 is 11.3 Å². The van der Waals surface area contributed by atoms with Crippen molar-refractivity contribution in [2.24, 2.45) is 0 Å². The third-order valence-electron chi connectivity index (χ3n) is 3.34. The van der Waals surface area contributed by atoms with Gasteiger partial charge in [-0.05, 0) is 13.0 Å².